The van der Waals surface area contributed by atoms with E-state index in [1.165, 1.54) is 0 Å². The van der Waals surface area contributed by atoms with Crippen molar-refractivity contribution in [2.75, 3.05) is 13.2 Å². The van der Waals surface area contributed by atoms with E-state index >= 15 is 0 Å². The molecule has 1 aliphatic rings. The van der Waals surface area contributed by atoms with Crippen molar-refractivity contribution in [1.29, 1.82) is 0 Å². The molecule has 0 bridgehead atoms. The van der Waals surface area contributed by atoms with Crippen molar-refractivity contribution < 1.29 is 9.53 Å². The minimum Gasteiger partial charge on any atom is -0.374 e. The van der Waals surface area contributed by atoms with Crippen LogP contribution in [0.2, 0.25) is 0 Å². The topological polar surface area (TPSA) is 78.1 Å². The van der Waals surface area contributed by atoms with Crippen LogP contribution >= 0.6 is 0 Å². The van der Waals surface area contributed by atoms with Crippen LogP contribution in [0.3, 0.4) is 0 Å². The van der Waals surface area contributed by atoms with Gasteiger partial charge in [0.1, 0.15) is 6.61 Å². The van der Waals surface area contributed by atoms with E-state index in [0.29, 0.717) is 32.0 Å². The molecular weight excluding hydrogens is 332 g/mol. The Morgan fingerprint density at radius 2 is 2.08 bits per heavy atom. The SMILES string of the molecule is CCOCc1nnc2n1CCN(C(=O)c1nn(C)c3ccccc13)C2C. The number of fused-ring (bicyclic) bond motifs is 2. The first kappa shape index (κ1) is 16.7. The molecule has 0 radical (unpaired) electrons. The molecule has 8 nitrogen and oxygen atoms in total. The van der Waals surface area contributed by atoms with Gasteiger partial charge in [-0.25, -0.2) is 0 Å². The van der Waals surface area contributed by atoms with Crippen molar-refractivity contribution in [1.82, 2.24) is 29.4 Å². The Morgan fingerprint density at radius 3 is 2.88 bits per heavy atom. The molecule has 8 heteroatoms. The molecule has 1 aromatic carbocycles. The van der Waals surface area contributed by atoms with Crippen LogP contribution in [0, 0.1) is 0 Å². The summed E-state index contributed by atoms with van der Waals surface area (Å²) in [6, 6.07) is 7.61. The lowest BCUT2D eigenvalue weighted by molar-refractivity contribution is 0.0625. The van der Waals surface area contributed by atoms with Gasteiger partial charge in [0.25, 0.3) is 5.91 Å². The number of carbonyl (C=O) groups is 1. The fourth-order valence-corrected chi connectivity index (χ4v) is 3.53. The highest BCUT2D eigenvalue weighted by atomic mass is 16.5. The summed E-state index contributed by atoms with van der Waals surface area (Å²) >= 11 is 0. The minimum atomic E-state index is -0.167. The lowest BCUT2D eigenvalue weighted by Gasteiger charge is -2.33. The van der Waals surface area contributed by atoms with E-state index in [-0.39, 0.29) is 11.9 Å². The fourth-order valence-electron chi connectivity index (χ4n) is 3.53. The third kappa shape index (κ3) is 2.57. The van der Waals surface area contributed by atoms with Crippen LogP contribution in [0.4, 0.5) is 0 Å². The van der Waals surface area contributed by atoms with Gasteiger partial charge in [-0.05, 0) is 19.9 Å². The number of para-hydroxylation sites is 1. The second kappa shape index (κ2) is 6.53. The van der Waals surface area contributed by atoms with E-state index in [1.807, 2.05) is 50.1 Å². The third-order valence-electron chi connectivity index (χ3n) is 4.92. The number of hydrogen-bond donors (Lipinski definition) is 0. The van der Waals surface area contributed by atoms with Crippen molar-refractivity contribution in [2.45, 2.75) is 33.0 Å². The zero-order valence-electron chi connectivity index (χ0n) is 15.2. The average Bonchev–Trinajstić information content (AvgIpc) is 3.22. The molecule has 4 rings (SSSR count). The summed E-state index contributed by atoms with van der Waals surface area (Å²) in [5.41, 5.74) is 1.43. The maximum absolute atomic E-state index is 13.2. The molecule has 136 valence electrons. The fraction of sp³-hybridized carbons (Fsp3) is 0.444. The first-order chi connectivity index (χ1) is 12.6. The maximum atomic E-state index is 13.2. The highest BCUT2D eigenvalue weighted by Gasteiger charge is 2.33. The average molecular weight is 354 g/mol. The van der Waals surface area contributed by atoms with Gasteiger partial charge >= 0.3 is 0 Å². The Hall–Kier alpha value is -2.74. The quantitative estimate of drug-likeness (QED) is 0.715. The molecule has 0 N–H and O–H groups in total. The van der Waals surface area contributed by atoms with Crippen LogP contribution < -0.4 is 0 Å². The lowest BCUT2D eigenvalue weighted by atomic mass is 10.1. The summed E-state index contributed by atoms with van der Waals surface area (Å²) in [6.07, 6.45) is 0. The van der Waals surface area contributed by atoms with Gasteiger partial charge in [-0.15, -0.1) is 10.2 Å². The molecule has 0 spiro atoms. The van der Waals surface area contributed by atoms with Gasteiger partial charge in [-0.1, -0.05) is 18.2 Å². The van der Waals surface area contributed by atoms with Gasteiger partial charge < -0.3 is 14.2 Å². The maximum Gasteiger partial charge on any atom is 0.275 e. The van der Waals surface area contributed by atoms with Gasteiger partial charge in [-0.3, -0.25) is 9.48 Å². The molecule has 26 heavy (non-hydrogen) atoms. The van der Waals surface area contributed by atoms with Crippen molar-refractivity contribution in [2.24, 2.45) is 7.05 Å². The Morgan fingerprint density at radius 1 is 1.27 bits per heavy atom. The zero-order valence-corrected chi connectivity index (χ0v) is 15.2. The zero-order chi connectivity index (χ0) is 18.3. The number of hydrogen-bond acceptors (Lipinski definition) is 5. The molecule has 1 atom stereocenters. The molecule has 1 aliphatic heterocycles. The number of benzene rings is 1. The van der Waals surface area contributed by atoms with Crippen molar-refractivity contribution in [3.05, 3.63) is 41.6 Å². The molecule has 0 saturated carbocycles. The molecule has 1 amide bonds. The van der Waals surface area contributed by atoms with E-state index in [2.05, 4.69) is 19.9 Å². The summed E-state index contributed by atoms with van der Waals surface area (Å²) in [6.45, 7) is 6.26. The molecule has 0 aliphatic carbocycles. The number of amides is 1. The van der Waals surface area contributed by atoms with Crippen LogP contribution in [0.15, 0.2) is 24.3 Å². The number of ether oxygens (including phenoxy) is 1. The monoisotopic (exact) mass is 354 g/mol. The summed E-state index contributed by atoms with van der Waals surface area (Å²) in [4.78, 5) is 15.0. The van der Waals surface area contributed by atoms with Crippen molar-refractivity contribution in [3.8, 4) is 0 Å². The second-order valence-electron chi connectivity index (χ2n) is 6.43. The third-order valence-corrected chi connectivity index (χ3v) is 4.92. The molecule has 0 fully saturated rings. The minimum absolute atomic E-state index is 0.0742. The van der Waals surface area contributed by atoms with Gasteiger partial charge in [0, 0.05) is 32.1 Å². The van der Waals surface area contributed by atoms with E-state index in [4.69, 9.17) is 4.74 Å². The van der Waals surface area contributed by atoms with Crippen LogP contribution in [-0.4, -0.2) is 48.5 Å². The Kier molecular flexibility index (Phi) is 4.20. The van der Waals surface area contributed by atoms with E-state index in [9.17, 15) is 4.79 Å². The van der Waals surface area contributed by atoms with Crippen molar-refractivity contribution in [3.63, 3.8) is 0 Å². The number of nitrogens with zero attached hydrogens (tertiary/aromatic N) is 6. The molecule has 2 aromatic heterocycles. The van der Waals surface area contributed by atoms with E-state index in [1.54, 1.807) is 4.68 Å². The number of rotatable bonds is 4. The molecule has 1 unspecified atom stereocenters. The smallest absolute Gasteiger partial charge is 0.275 e. The highest BCUT2D eigenvalue weighted by molar-refractivity contribution is 6.05. The van der Waals surface area contributed by atoms with E-state index in [0.717, 1.165) is 22.6 Å². The predicted octanol–water partition coefficient (Wildman–Crippen LogP) is 1.92. The predicted molar refractivity (Wildman–Crippen MR) is 95.5 cm³/mol. The van der Waals surface area contributed by atoms with Crippen LogP contribution in [0.25, 0.3) is 10.9 Å². The normalized spacial score (nSPS) is 16.9. The van der Waals surface area contributed by atoms with Crippen LogP contribution in [-0.2, 0) is 24.9 Å². The summed E-state index contributed by atoms with van der Waals surface area (Å²) < 4.78 is 9.26. The second-order valence-corrected chi connectivity index (χ2v) is 6.43. The molecular formula is C18H22N6O2. The number of aryl methyl sites for hydroxylation is 1. The summed E-state index contributed by atoms with van der Waals surface area (Å²) in [5.74, 6) is 1.53. The van der Waals surface area contributed by atoms with Gasteiger partial charge in [-0.2, -0.15) is 5.10 Å². The van der Waals surface area contributed by atoms with Crippen LogP contribution in [0.1, 0.15) is 42.0 Å². The standard InChI is InChI=1S/C18H22N6O2/c1-4-26-11-15-19-20-17-12(2)23(9-10-24(15)17)18(25)16-13-7-5-6-8-14(13)22(3)21-16/h5-8,12H,4,9-11H2,1-3H3. The van der Waals surface area contributed by atoms with Crippen LogP contribution in [0.5, 0.6) is 0 Å². The van der Waals surface area contributed by atoms with Crippen molar-refractivity contribution >= 4 is 16.8 Å². The van der Waals surface area contributed by atoms with Gasteiger partial charge in [0.15, 0.2) is 17.3 Å². The Balaban J connectivity index is 1.64. The highest BCUT2D eigenvalue weighted by Crippen LogP contribution is 2.28. The Labute approximate surface area is 151 Å². The Bertz CT molecular complexity index is 960. The first-order valence-corrected chi connectivity index (χ1v) is 8.84. The number of carbonyl (C=O) groups excluding carboxylic acids is 1. The molecule has 3 heterocycles. The van der Waals surface area contributed by atoms with Gasteiger partial charge in [0.05, 0.1) is 11.6 Å². The largest absolute Gasteiger partial charge is 0.374 e. The van der Waals surface area contributed by atoms with Gasteiger partial charge in [0.2, 0.25) is 0 Å². The first-order valence-electron chi connectivity index (χ1n) is 8.84. The molecule has 3 aromatic rings. The molecule has 0 saturated heterocycles. The number of aromatic nitrogens is 5. The summed E-state index contributed by atoms with van der Waals surface area (Å²) in [7, 11) is 1.86. The summed E-state index contributed by atoms with van der Waals surface area (Å²) in [5, 5.41) is 13.9. The lowest BCUT2D eigenvalue weighted by Crippen LogP contribution is -2.41. The van der Waals surface area contributed by atoms with E-state index < -0.39 is 0 Å².